The highest BCUT2D eigenvalue weighted by molar-refractivity contribution is 5.96. The van der Waals surface area contributed by atoms with Crippen molar-refractivity contribution in [3.05, 3.63) is 45.6 Å². The number of ether oxygens (including phenoxy) is 1. The molecule has 10 nitrogen and oxygen atoms in total. The van der Waals surface area contributed by atoms with E-state index in [1.807, 2.05) is 0 Å². The monoisotopic (exact) mass is 334 g/mol. The summed E-state index contributed by atoms with van der Waals surface area (Å²) in [6, 6.07) is 4.26. The number of hydrogen-bond donors (Lipinski definition) is 3. The largest absolute Gasteiger partial charge is 0.451 e. The lowest BCUT2D eigenvalue weighted by molar-refractivity contribution is -0.385. The van der Waals surface area contributed by atoms with Crippen LogP contribution in [-0.4, -0.2) is 29.3 Å². The normalized spacial score (nSPS) is 13.2. The van der Waals surface area contributed by atoms with Crippen LogP contribution in [-0.2, 0) is 19.1 Å². The number of esters is 1. The van der Waals surface area contributed by atoms with Gasteiger partial charge in [-0.3, -0.25) is 30.6 Å². The summed E-state index contributed by atoms with van der Waals surface area (Å²) < 4.78 is 4.80. The standard InChI is InChI=1S/C14H14N4O6/c1-8-9(3-2-4-11(8)18(22)23)15-13(20)7-24-14(21)10-5-6-12(19)17-16-10/h2-5,16H,6-7H2,1H3,(H,15,20)(H,17,19). The third-order valence-electron chi connectivity index (χ3n) is 3.16. The molecule has 0 aromatic heterocycles. The number of hydrogen-bond acceptors (Lipinski definition) is 7. The van der Waals surface area contributed by atoms with Gasteiger partial charge in [0.2, 0.25) is 5.91 Å². The van der Waals surface area contributed by atoms with Crippen LogP contribution in [0.15, 0.2) is 30.0 Å². The predicted molar refractivity (Wildman–Crippen MR) is 81.4 cm³/mol. The maximum absolute atomic E-state index is 11.8. The molecule has 1 aromatic carbocycles. The number of hydrazine groups is 1. The Morgan fingerprint density at radius 1 is 1.38 bits per heavy atom. The average Bonchev–Trinajstić information content (AvgIpc) is 2.55. The van der Waals surface area contributed by atoms with E-state index in [0.29, 0.717) is 5.56 Å². The Hall–Kier alpha value is -3.43. The number of amides is 2. The molecule has 1 aliphatic heterocycles. The van der Waals surface area contributed by atoms with Gasteiger partial charge in [-0.25, -0.2) is 4.79 Å². The van der Waals surface area contributed by atoms with E-state index in [0.717, 1.165) is 0 Å². The summed E-state index contributed by atoms with van der Waals surface area (Å²) in [5, 5.41) is 13.3. The summed E-state index contributed by atoms with van der Waals surface area (Å²) in [7, 11) is 0. The van der Waals surface area contributed by atoms with Crippen molar-refractivity contribution in [2.45, 2.75) is 13.3 Å². The molecule has 0 aliphatic carbocycles. The predicted octanol–water partition coefficient (Wildman–Crippen LogP) is 0.293. The van der Waals surface area contributed by atoms with Crippen molar-refractivity contribution in [1.82, 2.24) is 10.9 Å². The Morgan fingerprint density at radius 3 is 2.75 bits per heavy atom. The summed E-state index contributed by atoms with van der Waals surface area (Å²) >= 11 is 0. The maximum Gasteiger partial charge on any atom is 0.356 e. The third kappa shape index (κ3) is 4.06. The van der Waals surface area contributed by atoms with E-state index in [4.69, 9.17) is 4.74 Å². The lowest BCUT2D eigenvalue weighted by atomic mass is 10.1. The first kappa shape index (κ1) is 16.9. The zero-order chi connectivity index (χ0) is 17.7. The molecule has 0 saturated heterocycles. The Labute approximate surface area is 136 Å². The van der Waals surface area contributed by atoms with Gasteiger partial charge in [-0.1, -0.05) is 6.07 Å². The van der Waals surface area contributed by atoms with E-state index in [1.165, 1.54) is 31.2 Å². The van der Waals surface area contributed by atoms with Crippen LogP contribution in [0.3, 0.4) is 0 Å². The highest BCUT2D eigenvalue weighted by atomic mass is 16.6. The highest BCUT2D eigenvalue weighted by Gasteiger charge is 2.19. The van der Waals surface area contributed by atoms with Gasteiger partial charge in [0.05, 0.1) is 16.2 Å². The van der Waals surface area contributed by atoms with Crippen LogP contribution in [0.2, 0.25) is 0 Å². The van der Waals surface area contributed by atoms with Crippen LogP contribution in [0.25, 0.3) is 0 Å². The van der Waals surface area contributed by atoms with Crippen LogP contribution < -0.4 is 16.2 Å². The summed E-state index contributed by atoms with van der Waals surface area (Å²) in [6.07, 6.45) is 1.36. The molecule has 0 radical (unpaired) electrons. The number of carbonyl (C=O) groups is 3. The smallest absolute Gasteiger partial charge is 0.356 e. The SMILES string of the molecule is Cc1c(NC(=O)COC(=O)C2=CCC(=O)NN2)cccc1[N+](=O)[O-]. The fourth-order valence-corrected chi connectivity index (χ4v) is 1.92. The molecule has 0 bridgehead atoms. The van der Waals surface area contributed by atoms with Gasteiger partial charge in [0, 0.05) is 12.5 Å². The molecule has 3 N–H and O–H groups in total. The van der Waals surface area contributed by atoms with Gasteiger partial charge in [0.1, 0.15) is 5.70 Å². The number of nitrogens with zero attached hydrogens (tertiary/aromatic N) is 1. The van der Waals surface area contributed by atoms with Gasteiger partial charge in [0.15, 0.2) is 6.61 Å². The van der Waals surface area contributed by atoms with Crippen LogP contribution >= 0.6 is 0 Å². The lowest BCUT2D eigenvalue weighted by Crippen LogP contribution is -2.42. The number of benzene rings is 1. The van der Waals surface area contributed by atoms with Gasteiger partial charge in [-0.2, -0.15) is 0 Å². The second-order valence-electron chi connectivity index (χ2n) is 4.83. The first-order valence-corrected chi connectivity index (χ1v) is 6.84. The average molecular weight is 334 g/mol. The molecular formula is C14H14N4O6. The van der Waals surface area contributed by atoms with Gasteiger partial charge in [0.25, 0.3) is 11.6 Å². The van der Waals surface area contributed by atoms with E-state index in [2.05, 4.69) is 16.2 Å². The third-order valence-corrected chi connectivity index (χ3v) is 3.16. The van der Waals surface area contributed by atoms with Crippen molar-refractivity contribution < 1.29 is 24.0 Å². The first-order chi connectivity index (χ1) is 11.4. The van der Waals surface area contributed by atoms with Gasteiger partial charge >= 0.3 is 5.97 Å². The van der Waals surface area contributed by atoms with Crippen LogP contribution in [0.1, 0.15) is 12.0 Å². The molecule has 24 heavy (non-hydrogen) atoms. The Kier molecular flexibility index (Phi) is 5.09. The van der Waals surface area contributed by atoms with Gasteiger partial charge < -0.3 is 10.1 Å². The Bertz CT molecular complexity index is 743. The molecule has 2 rings (SSSR count). The second kappa shape index (κ2) is 7.22. The number of anilines is 1. The first-order valence-electron chi connectivity index (χ1n) is 6.84. The minimum atomic E-state index is -0.805. The fourth-order valence-electron chi connectivity index (χ4n) is 1.92. The van der Waals surface area contributed by atoms with E-state index >= 15 is 0 Å². The number of nitrogens with one attached hydrogen (secondary N) is 3. The molecule has 0 spiro atoms. The summed E-state index contributed by atoms with van der Waals surface area (Å²) in [6.45, 7) is 0.924. The van der Waals surface area contributed by atoms with Gasteiger partial charge in [-0.15, -0.1) is 0 Å². The van der Waals surface area contributed by atoms with Crippen molar-refractivity contribution in [3.63, 3.8) is 0 Å². The second-order valence-corrected chi connectivity index (χ2v) is 4.83. The number of nitro groups is 1. The Morgan fingerprint density at radius 2 is 2.12 bits per heavy atom. The zero-order valence-corrected chi connectivity index (χ0v) is 12.6. The van der Waals surface area contributed by atoms with Gasteiger partial charge in [-0.05, 0) is 19.1 Å². The minimum absolute atomic E-state index is 0.0222. The molecular weight excluding hydrogens is 320 g/mol. The molecule has 0 saturated carbocycles. The van der Waals surface area contributed by atoms with Crippen molar-refractivity contribution in [2.24, 2.45) is 0 Å². The fraction of sp³-hybridized carbons (Fsp3) is 0.214. The van der Waals surface area contributed by atoms with Crippen LogP contribution in [0.4, 0.5) is 11.4 Å². The zero-order valence-electron chi connectivity index (χ0n) is 12.6. The summed E-state index contributed by atoms with van der Waals surface area (Å²) in [5.41, 5.74) is 5.04. The number of carbonyl (C=O) groups excluding carboxylic acids is 3. The summed E-state index contributed by atoms with van der Waals surface area (Å²) in [4.78, 5) is 44.7. The van der Waals surface area contributed by atoms with E-state index in [9.17, 15) is 24.5 Å². The quantitative estimate of drug-likeness (QED) is 0.399. The minimum Gasteiger partial charge on any atom is -0.451 e. The van der Waals surface area contributed by atoms with E-state index < -0.39 is 23.4 Å². The molecule has 0 fully saturated rings. The topological polar surface area (TPSA) is 140 Å². The molecule has 1 heterocycles. The molecule has 0 atom stereocenters. The molecule has 1 aliphatic rings. The maximum atomic E-state index is 11.8. The van der Waals surface area contributed by atoms with Crippen molar-refractivity contribution in [2.75, 3.05) is 11.9 Å². The summed E-state index contributed by atoms with van der Waals surface area (Å²) in [5.74, 6) is -1.75. The van der Waals surface area contributed by atoms with Crippen molar-refractivity contribution in [1.29, 1.82) is 0 Å². The van der Waals surface area contributed by atoms with E-state index in [1.54, 1.807) is 0 Å². The van der Waals surface area contributed by atoms with E-state index in [-0.39, 0.29) is 29.4 Å². The van der Waals surface area contributed by atoms with Crippen LogP contribution in [0, 0.1) is 17.0 Å². The molecule has 2 amide bonds. The van der Waals surface area contributed by atoms with Crippen LogP contribution in [0.5, 0.6) is 0 Å². The van der Waals surface area contributed by atoms with Crippen molar-refractivity contribution >= 4 is 29.2 Å². The van der Waals surface area contributed by atoms with Crippen molar-refractivity contribution in [3.8, 4) is 0 Å². The highest BCUT2D eigenvalue weighted by Crippen LogP contribution is 2.24. The molecule has 10 heteroatoms. The number of nitro benzene ring substituents is 1. The Balaban J connectivity index is 1.92. The molecule has 0 unspecified atom stereocenters. The number of rotatable bonds is 5. The molecule has 1 aromatic rings. The molecule has 126 valence electrons. The lowest BCUT2D eigenvalue weighted by Gasteiger charge is -2.15.